The topological polar surface area (TPSA) is 6.48 Å². The number of nitrogens with zero attached hydrogens (tertiary/aromatic N) is 2. The Hall–Kier alpha value is -0.0800. The molecular formula is C17H38N2. The van der Waals surface area contributed by atoms with Gasteiger partial charge < -0.3 is 4.90 Å². The van der Waals surface area contributed by atoms with E-state index in [0.717, 1.165) is 17.9 Å². The summed E-state index contributed by atoms with van der Waals surface area (Å²) in [4.78, 5) is 5.21. The zero-order chi connectivity index (χ0) is 14.8. The number of piperidine rings is 1. The van der Waals surface area contributed by atoms with Crippen molar-refractivity contribution in [1.82, 2.24) is 9.80 Å². The minimum absolute atomic E-state index is 0.852. The van der Waals surface area contributed by atoms with Gasteiger partial charge in [0, 0.05) is 25.7 Å². The van der Waals surface area contributed by atoms with Gasteiger partial charge in [0.2, 0.25) is 0 Å². The van der Waals surface area contributed by atoms with Crippen LogP contribution in [-0.4, -0.2) is 49.1 Å². The van der Waals surface area contributed by atoms with E-state index < -0.39 is 0 Å². The summed E-state index contributed by atoms with van der Waals surface area (Å²) in [7, 11) is 2.25. The second kappa shape index (κ2) is 10.7. The molecule has 0 aromatic rings. The van der Waals surface area contributed by atoms with Gasteiger partial charge in [-0.1, -0.05) is 48.0 Å². The fourth-order valence-electron chi connectivity index (χ4n) is 3.22. The molecule has 0 radical (unpaired) electrons. The van der Waals surface area contributed by atoms with Crippen LogP contribution in [0.2, 0.25) is 0 Å². The minimum atomic E-state index is 0.852. The van der Waals surface area contributed by atoms with E-state index in [1.54, 1.807) is 0 Å². The maximum atomic E-state index is 2.74. The van der Waals surface area contributed by atoms with Gasteiger partial charge in [0.15, 0.2) is 0 Å². The fourth-order valence-corrected chi connectivity index (χ4v) is 3.22. The third-order valence-electron chi connectivity index (χ3n) is 3.78. The summed E-state index contributed by atoms with van der Waals surface area (Å²) in [5.74, 6) is 1.81. The van der Waals surface area contributed by atoms with Crippen LogP contribution in [0.5, 0.6) is 0 Å². The van der Waals surface area contributed by atoms with Gasteiger partial charge >= 0.3 is 0 Å². The predicted molar refractivity (Wildman–Crippen MR) is 87.7 cm³/mol. The summed E-state index contributed by atoms with van der Waals surface area (Å²) in [5, 5.41) is 0. The van der Waals surface area contributed by atoms with Gasteiger partial charge in [-0.3, -0.25) is 4.90 Å². The normalized spacial score (nSPS) is 32.1. The van der Waals surface area contributed by atoms with Gasteiger partial charge in [-0.05, 0) is 38.3 Å². The molecule has 2 nitrogen and oxygen atoms in total. The molecule has 19 heavy (non-hydrogen) atoms. The zero-order valence-electron chi connectivity index (χ0n) is 14.6. The molecule has 2 heterocycles. The van der Waals surface area contributed by atoms with Crippen molar-refractivity contribution in [2.75, 3.05) is 33.2 Å². The summed E-state index contributed by atoms with van der Waals surface area (Å²) < 4.78 is 0. The van der Waals surface area contributed by atoms with Crippen molar-refractivity contribution in [1.29, 1.82) is 0 Å². The van der Waals surface area contributed by atoms with Crippen LogP contribution in [0.3, 0.4) is 0 Å². The molecule has 3 atom stereocenters. The van der Waals surface area contributed by atoms with E-state index in [2.05, 4.69) is 44.5 Å². The van der Waals surface area contributed by atoms with Gasteiger partial charge in [0.05, 0.1) is 0 Å². The summed E-state index contributed by atoms with van der Waals surface area (Å²) in [6.45, 7) is 18.3. The Morgan fingerprint density at radius 1 is 0.947 bits per heavy atom. The van der Waals surface area contributed by atoms with Crippen LogP contribution in [0, 0.1) is 11.8 Å². The molecule has 2 aliphatic heterocycles. The average Bonchev–Trinajstić information content (AvgIpc) is 2.78. The van der Waals surface area contributed by atoms with E-state index >= 15 is 0 Å². The quantitative estimate of drug-likeness (QED) is 0.707. The van der Waals surface area contributed by atoms with E-state index in [9.17, 15) is 0 Å². The third-order valence-corrected chi connectivity index (χ3v) is 3.78. The Morgan fingerprint density at radius 2 is 1.42 bits per heavy atom. The van der Waals surface area contributed by atoms with E-state index in [4.69, 9.17) is 0 Å². The lowest BCUT2D eigenvalue weighted by Crippen LogP contribution is -2.46. The maximum absolute atomic E-state index is 2.74. The molecule has 2 fully saturated rings. The zero-order valence-corrected chi connectivity index (χ0v) is 14.6. The Balaban J connectivity index is 0.000000573. The second-order valence-corrected chi connectivity index (χ2v) is 6.31. The largest absolute Gasteiger partial charge is 0.305 e. The first kappa shape index (κ1) is 18.9. The van der Waals surface area contributed by atoms with Gasteiger partial charge in [-0.15, -0.1) is 0 Å². The smallest absolute Gasteiger partial charge is 0.0235 e. The highest BCUT2D eigenvalue weighted by Gasteiger charge is 2.30. The molecule has 0 N–H and O–H groups in total. The van der Waals surface area contributed by atoms with Crippen LogP contribution in [0.15, 0.2) is 0 Å². The molecule has 0 spiro atoms. The molecule has 116 valence electrons. The minimum Gasteiger partial charge on any atom is -0.305 e. The van der Waals surface area contributed by atoms with Gasteiger partial charge in [-0.25, -0.2) is 0 Å². The molecule has 2 aliphatic rings. The summed E-state index contributed by atoms with van der Waals surface area (Å²) >= 11 is 0. The second-order valence-electron chi connectivity index (χ2n) is 6.31. The van der Waals surface area contributed by atoms with Crippen molar-refractivity contribution >= 4 is 0 Å². The van der Waals surface area contributed by atoms with Crippen LogP contribution in [0.4, 0.5) is 0 Å². The lowest BCUT2D eigenvalue weighted by Gasteiger charge is -2.38. The number of hydrogen-bond acceptors (Lipinski definition) is 2. The molecule has 0 amide bonds. The first-order valence-corrected chi connectivity index (χ1v) is 8.49. The number of hydrogen-bond donors (Lipinski definition) is 0. The van der Waals surface area contributed by atoms with Crippen molar-refractivity contribution < 1.29 is 0 Å². The van der Waals surface area contributed by atoms with Crippen LogP contribution in [-0.2, 0) is 0 Å². The molecule has 2 saturated heterocycles. The van der Waals surface area contributed by atoms with Crippen LogP contribution >= 0.6 is 0 Å². The Morgan fingerprint density at radius 3 is 1.79 bits per heavy atom. The van der Waals surface area contributed by atoms with Crippen molar-refractivity contribution in [3.8, 4) is 0 Å². The van der Waals surface area contributed by atoms with E-state index in [-0.39, 0.29) is 0 Å². The SMILES string of the molecule is CC.CC1CC(C)CN(C2CCN(C)C2)C1.CCC. The van der Waals surface area contributed by atoms with Gasteiger partial charge in [0.25, 0.3) is 0 Å². The van der Waals surface area contributed by atoms with Crippen LogP contribution in [0.25, 0.3) is 0 Å². The molecule has 0 aromatic heterocycles. The highest BCUT2D eigenvalue weighted by Crippen LogP contribution is 2.25. The Labute approximate surface area is 122 Å². The molecule has 2 rings (SSSR count). The Bertz CT molecular complexity index is 195. The predicted octanol–water partition coefficient (Wildman–Crippen LogP) is 4.11. The van der Waals surface area contributed by atoms with Crippen molar-refractivity contribution in [3.05, 3.63) is 0 Å². The molecule has 2 heteroatoms. The maximum Gasteiger partial charge on any atom is 0.0235 e. The first-order chi connectivity index (χ1) is 9.06. The highest BCUT2D eigenvalue weighted by molar-refractivity contribution is 4.86. The van der Waals surface area contributed by atoms with Crippen LogP contribution in [0.1, 0.15) is 60.8 Å². The Kier molecular flexibility index (Phi) is 10.6. The highest BCUT2D eigenvalue weighted by atomic mass is 15.2. The summed E-state index contributed by atoms with van der Waals surface area (Å²) in [5.41, 5.74) is 0. The summed E-state index contributed by atoms with van der Waals surface area (Å²) in [6.07, 6.45) is 4.06. The van der Waals surface area contributed by atoms with Gasteiger partial charge in [-0.2, -0.15) is 0 Å². The van der Waals surface area contributed by atoms with E-state index in [0.29, 0.717) is 0 Å². The molecule has 0 aliphatic carbocycles. The average molecular weight is 271 g/mol. The number of likely N-dealkylation sites (tertiary alicyclic amines) is 2. The van der Waals surface area contributed by atoms with Gasteiger partial charge in [0.1, 0.15) is 0 Å². The summed E-state index contributed by atoms with van der Waals surface area (Å²) in [6, 6.07) is 0.852. The molecule has 0 bridgehead atoms. The molecule has 3 unspecified atom stereocenters. The van der Waals surface area contributed by atoms with E-state index in [1.807, 2.05) is 13.8 Å². The number of rotatable bonds is 1. The molecular weight excluding hydrogens is 232 g/mol. The third kappa shape index (κ3) is 7.31. The van der Waals surface area contributed by atoms with Crippen molar-refractivity contribution in [2.24, 2.45) is 11.8 Å². The lowest BCUT2D eigenvalue weighted by atomic mass is 9.91. The lowest BCUT2D eigenvalue weighted by molar-refractivity contribution is 0.0989. The molecule has 0 saturated carbocycles. The fraction of sp³-hybridized carbons (Fsp3) is 1.00. The first-order valence-electron chi connectivity index (χ1n) is 8.49. The molecule has 0 aromatic carbocycles. The van der Waals surface area contributed by atoms with Crippen molar-refractivity contribution in [2.45, 2.75) is 66.8 Å². The van der Waals surface area contributed by atoms with Crippen LogP contribution < -0.4 is 0 Å². The number of likely N-dealkylation sites (N-methyl/N-ethyl adjacent to an activating group) is 1. The standard InChI is InChI=1S/C12H24N2.C3H8.C2H6/c1-10-6-11(2)8-14(7-10)12-4-5-13(3)9-12;1-3-2;1-2/h10-12H,4-9H2,1-3H3;3H2,1-2H3;1-2H3. The van der Waals surface area contributed by atoms with Crippen molar-refractivity contribution in [3.63, 3.8) is 0 Å². The monoisotopic (exact) mass is 270 g/mol. The van der Waals surface area contributed by atoms with E-state index in [1.165, 1.54) is 45.4 Å².